The molecule has 0 aliphatic carbocycles. The number of nitrogens with one attached hydrogen (secondary N) is 2. The van der Waals surface area contributed by atoms with Gasteiger partial charge in [-0.3, -0.25) is 4.79 Å². The summed E-state index contributed by atoms with van der Waals surface area (Å²) in [6, 6.07) is 3.52. The Morgan fingerprint density at radius 1 is 1.53 bits per heavy atom. The van der Waals surface area contributed by atoms with Crippen LogP contribution in [0.3, 0.4) is 0 Å². The summed E-state index contributed by atoms with van der Waals surface area (Å²) in [7, 11) is 0. The van der Waals surface area contributed by atoms with E-state index in [2.05, 4.69) is 10.6 Å². The normalized spacial score (nSPS) is 20.1. The predicted molar refractivity (Wildman–Crippen MR) is 60.9 cm³/mol. The fourth-order valence-electron chi connectivity index (χ4n) is 1.90. The quantitative estimate of drug-likeness (QED) is 0.733. The molecule has 1 aliphatic rings. The zero-order chi connectivity index (χ0) is 12.3. The average molecular weight is 238 g/mol. The number of hydrogen-bond acceptors (Lipinski definition) is 3. The topological polar surface area (TPSA) is 61.4 Å². The molecule has 17 heavy (non-hydrogen) atoms. The number of halogens is 1. The van der Waals surface area contributed by atoms with Crippen molar-refractivity contribution in [2.75, 3.05) is 6.54 Å². The molecule has 1 fully saturated rings. The lowest BCUT2D eigenvalue weighted by Gasteiger charge is -2.23. The molecule has 0 spiro atoms. The molecule has 92 valence electrons. The standard InChI is InChI=1S/C12H15FN2O2/c13-9-3-4-11(16)8(6-9)7-15-10-2-1-5-14-12(10)17/h3-4,6,10,15-16H,1-2,5,7H2,(H,14,17). The first-order chi connectivity index (χ1) is 8.16. The van der Waals surface area contributed by atoms with E-state index in [1.807, 2.05) is 0 Å². The summed E-state index contributed by atoms with van der Waals surface area (Å²) in [5, 5.41) is 15.3. The first-order valence-corrected chi connectivity index (χ1v) is 5.65. The van der Waals surface area contributed by atoms with Crippen LogP contribution in [-0.4, -0.2) is 23.6 Å². The second kappa shape index (κ2) is 5.14. The van der Waals surface area contributed by atoms with Gasteiger partial charge in [0.2, 0.25) is 5.91 Å². The molecule has 5 heteroatoms. The van der Waals surface area contributed by atoms with E-state index in [4.69, 9.17) is 0 Å². The molecule has 1 heterocycles. The van der Waals surface area contributed by atoms with Crippen LogP contribution in [0.4, 0.5) is 4.39 Å². The number of phenols is 1. The first-order valence-electron chi connectivity index (χ1n) is 5.65. The summed E-state index contributed by atoms with van der Waals surface area (Å²) >= 11 is 0. The average Bonchev–Trinajstić information content (AvgIpc) is 2.32. The van der Waals surface area contributed by atoms with Crippen molar-refractivity contribution < 1.29 is 14.3 Å². The number of rotatable bonds is 3. The van der Waals surface area contributed by atoms with Crippen molar-refractivity contribution in [1.29, 1.82) is 0 Å². The summed E-state index contributed by atoms with van der Waals surface area (Å²) in [6.07, 6.45) is 1.69. The van der Waals surface area contributed by atoms with Gasteiger partial charge in [0.05, 0.1) is 6.04 Å². The summed E-state index contributed by atoms with van der Waals surface area (Å²) in [5.74, 6) is -0.394. The number of piperidine rings is 1. The van der Waals surface area contributed by atoms with E-state index in [1.54, 1.807) is 0 Å². The maximum absolute atomic E-state index is 13.0. The van der Waals surface area contributed by atoms with Crippen LogP contribution in [0.15, 0.2) is 18.2 Å². The van der Waals surface area contributed by atoms with Crippen LogP contribution in [0, 0.1) is 5.82 Å². The van der Waals surface area contributed by atoms with Crippen LogP contribution >= 0.6 is 0 Å². The Balaban J connectivity index is 1.97. The zero-order valence-electron chi connectivity index (χ0n) is 9.37. The molecule has 1 aliphatic heterocycles. The van der Waals surface area contributed by atoms with Gasteiger partial charge in [-0.15, -0.1) is 0 Å². The van der Waals surface area contributed by atoms with Crippen LogP contribution in [0.1, 0.15) is 18.4 Å². The van der Waals surface area contributed by atoms with Crippen molar-refractivity contribution >= 4 is 5.91 Å². The maximum atomic E-state index is 13.0. The smallest absolute Gasteiger partial charge is 0.237 e. The molecule has 1 atom stereocenters. The van der Waals surface area contributed by atoms with Crippen LogP contribution in [0.25, 0.3) is 0 Å². The summed E-state index contributed by atoms with van der Waals surface area (Å²) in [4.78, 5) is 11.5. The molecule has 0 radical (unpaired) electrons. The highest BCUT2D eigenvalue weighted by Gasteiger charge is 2.21. The van der Waals surface area contributed by atoms with Crippen LogP contribution < -0.4 is 10.6 Å². The molecule has 3 N–H and O–H groups in total. The summed E-state index contributed by atoms with van der Waals surface area (Å²) in [5.41, 5.74) is 0.461. The third kappa shape index (κ3) is 2.94. The Bertz CT molecular complexity index is 423. The molecule has 1 unspecified atom stereocenters. The van der Waals surface area contributed by atoms with E-state index in [0.29, 0.717) is 12.1 Å². The fourth-order valence-corrected chi connectivity index (χ4v) is 1.90. The van der Waals surface area contributed by atoms with E-state index in [9.17, 15) is 14.3 Å². The molecule has 1 aromatic carbocycles. The van der Waals surface area contributed by atoms with Crippen molar-refractivity contribution in [3.05, 3.63) is 29.6 Å². The highest BCUT2D eigenvalue weighted by molar-refractivity contribution is 5.82. The highest BCUT2D eigenvalue weighted by atomic mass is 19.1. The Kier molecular flexibility index (Phi) is 3.58. The van der Waals surface area contributed by atoms with Gasteiger partial charge in [-0.2, -0.15) is 0 Å². The number of carbonyl (C=O) groups excluding carboxylic acids is 1. The van der Waals surface area contributed by atoms with Gasteiger partial charge in [0.15, 0.2) is 0 Å². The molecule has 0 saturated carbocycles. The number of carbonyl (C=O) groups is 1. The van der Waals surface area contributed by atoms with Crippen molar-refractivity contribution in [2.24, 2.45) is 0 Å². The number of aromatic hydroxyl groups is 1. The number of benzene rings is 1. The molecule has 1 aromatic rings. The molecule has 1 amide bonds. The highest BCUT2D eigenvalue weighted by Crippen LogP contribution is 2.18. The van der Waals surface area contributed by atoms with E-state index in [1.165, 1.54) is 18.2 Å². The number of hydrogen-bond donors (Lipinski definition) is 3. The van der Waals surface area contributed by atoms with Crippen molar-refractivity contribution in [3.63, 3.8) is 0 Å². The van der Waals surface area contributed by atoms with Crippen LogP contribution in [0.2, 0.25) is 0 Å². The lowest BCUT2D eigenvalue weighted by atomic mass is 10.1. The lowest BCUT2D eigenvalue weighted by molar-refractivity contribution is -0.124. The van der Waals surface area contributed by atoms with Gasteiger partial charge in [-0.25, -0.2) is 4.39 Å². The summed E-state index contributed by atoms with van der Waals surface area (Å²) < 4.78 is 13.0. The second-order valence-corrected chi connectivity index (χ2v) is 4.14. The minimum atomic E-state index is -0.396. The monoisotopic (exact) mass is 238 g/mol. The molecule has 1 saturated heterocycles. The van der Waals surface area contributed by atoms with E-state index >= 15 is 0 Å². The Hall–Kier alpha value is -1.62. The second-order valence-electron chi connectivity index (χ2n) is 4.14. The van der Waals surface area contributed by atoms with Gasteiger partial charge in [0.1, 0.15) is 11.6 Å². The third-order valence-electron chi connectivity index (χ3n) is 2.87. The van der Waals surface area contributed by atoms with Crippen molar-refractivity contribution in [1.82, 2.24) is 10.6 Å². The van der Waals surface area contributed by atoms with Crippen LogP contribution in [0.5, 0.6) is 5.75 Å². The first kappa shape index (κ1) is 11.9. The van der Waals surface area contributed by atoms with Gasteiger partial charge in [-0.1, -0.05) is 0 Å². The van der Waals surface area contributed by atoms with E-state index in [0.717, 1.165) is 12.8 Å². The largest absolute Gasteiger partial charge is 0.508 e. The van der Waals surface area contributed by atoms with Gasteiger partial charge in [0.25, 0.3) is 0 Å². The summed E-state index contributed by atoms with van der Waals surface area (Å²) in [6.45, 7) is 0.990. The molecule has 4 nitrogen and oxygen atoms in total. The Labute approximate surface area is 98.8 Å². The molecular formula is C12H15FN2O2. The van der Waals surface area contributed by atoms with Gasteiger partial charge >= 0.3 is 0 Å². The fraction of sp³-hybridized carbons (Fsp3) is 0.417. The maximum Gasteiger partial charge on any atom is 0.237 e. The van der Waals surface area contributed by atoms with Crippen molar-refractivity contribution in [3.8, 4) is 5.75 Å². The van der Waals surface area contributed by atoms with Gasteiger partial charge in [-0.05, 0) is 31.0 Å². The van der Waals surface area contributed by atoms with Crippen molar-refractivity contribution in [2.45, 2.75) is 25.4 Å². The molecule has 2 rings (SSSR count). The minimum Gasteiger partial charge on any atom is -0.508 e. The number of amides is 1. The van der Waals surface area contributed by atoms with E-state index < -0.39 is 5.82 Å². The molecule has 0 bridgehead atoms. The van der Waals surface area contributed by atoms with Gasteiger partial charge < -0.3 is 15.7 Å². The minimum absolute atomic E-state index is 0.0351. The predicted octanol–water partition coefficient (Wildman–Crippen LogP) is 0.899. The molecular weight excluding hydrogens is 223 g/mol. The van der Waals surface area contributed by atoms with E-state index in [-0.39, 0.29) is 24.2 Å². The number of phenolic OH excluding ortho intramolecular Hbond substituents is 1. The zero-order valence-corrected chi connectivity index (χ0v) is 9.37. The molecule has 0 aromatic heterocycles. The third-order valence-corrected chi connectivity index (χ3v) is 2.87. The SMILES string of the molecule is O=C1NCCCC1NCc1cc(F)ccc1O. The van der Waals surface area contributed by atoms with Crippen LogP contribution in [-0.2, 0) is 11.3 Å². The Morgan fingerprint density at radius 3 is 3.12 bits per heavy atom. The van der Waals surface area contributed by atoms with Gasteiger partial charge in [0, 0.05) is 18.7 Å². The lowest BCUT2D eigenvalue weighted by Crippen LogP contribution is -2.47. The Morgan fingerprint density at radius 2 is 2.35 bits per heavy atom.